The Labute approximate surface area is 128 Å². The van der Waals surface area contributed by atoms with Gasteiger partial charge in [-0.25, -0.2) is 14.5 Å². The molecule has 2 N–H and O–H groups in total. The van der Waals surface area contributed by atoms with Gasteiger partial charge in [-0.05, 0) is 45.2 Å². The summed E-state index contributed by atoms with van der Waals surface area (Å²) >= 11 is 0. The van der Waals surface area contributed by atoms with Crippen LogP contribution in [-0.4, -0.2) is 31.4 Å². The number of pyridine rings is 1. The van der Waals surface area contributed by atoms with Gasteiger partial charge in [-0.3, -0.25) is 4.98 Å². The maximum absolute atomic E-state index is 11.0. The Bertz CT molecular complexity index is 660. The van der Waals surface area contributed by atoms with Crippen LogP contribution >= 0.6 is 0 Å². The molecule has 1 aliphatic rings. The fraction of sp³-hybridized carbons (Fsp3) is 0.467. The summed E-state index contributed by atoms with van der Waals surface area (Å²) in [5, 5.41) is 4.08. The summed E-state index contributed by atoms with van der Waals surface area (Å²) in [6.45, 7) is 3.75. The van der Waals surface area contributed by atoms with Gasteiger partial charge < -0.3 is 10.5 Å². The molecule has 0 aliphatic heterocycles. The molecule has 3 rings (SSSR count). The topological polar surface area (TPSA) is 95.9 Å². The number of nitrogens with zero attached hydrogens (tertiary/aromatic N) is 4. The molecule has 1 saturated carbocycles. The maximum Gasteiger partial charge on any atom is 0.405 e. The molecule has 2 aromatic heterocycles. The fourth-order valence-electron chi connectivity index (χ4n) is 2.97. The number of amides is 1. The smallest absolute Gasteiger partial charge is 0.405 e. The van der Waals surface area contributed by atoms with Gasteiger partial charge in [-0.1, -0.05) is 0 Å². The van der Waals surface area contributed by atoms with Crippen molar-refractivity contribution in [3.8, 4) is 5.69 Å². The van der Waals surface area contributed by atoms with Crippen molar-refractivity contribution in [1.29, 1.82) is 0 Å². The Kier molecular flexibility index (Phi) is 3.35. The van der Waals surface area contributed by atoms with Crippen molar-refractivity contribution in [3.05, 3.63) is 36.7 Å². The normalized spacial score (nSPS) is 16.3. The van der Waals surface area contributed by atoms with Crippen molar-refractivity contribution in [2.75, 3.05) is 0 Å². The third-order valence-electron chi connectivity index (χ3n) is 3.97. The summed E-state index contributed by atoms with van der Waals surface area (Å²) in [5.41, 5.74) is 6.38. The predicted molar refractivity (Wildman–Crippen MR) is 79.4 cm³/mol. The summed E-state index contributed by atoms with van der Waals surface area (Å²) in [6.07, 6.45) is 6.94. The van der Waals surface area contributed by atoms with Crippen LogP contribution < -0.4 is 5.73 Å². The molecule has 1 amide bonds. The lowest BCUT2D eigenvalue weighted by Gasteiger charge is -2.28. The van der Waals surface area contributed by atoms with Crippen LogP contribution in [0.4, 0.5) is 4.79 Å². The molecule has 0 radical (unpaired) electrons. The number of carbonyl (C=O) groups is 1. The van der Waals surface area contributed by atoms with Crippen molar-refractivity contribution in [2.45, 2.75) is 44.1 Å². The number of ether oxygens (including phenoxy) is 1. The lowest BCUT2D eigenvalue weighted by Crippen LogP contribution is -2.35. The molecule has 0 aromatic carbocycles. The van der Waals surface area contributed by atoms with E-state index >= 15 is 0 Å². The zero-order chi connectivity index (χ0) is 15.8. The van der Waals surface area contributed by atoms with Crippen LogP contribution in [0.25, 0.3) is 5.69 Å². The van der Waals surface area contributed by atoms with E-state index in [0.29, 0.717) is 6.42 Å². The average Bonchev–Trinajstić information content (AvgIpc) is 3.01. The molecule has 0 unspecified atom stereocenters. The van der Waals surface area contributed by atoms with Crippen molar-refractivity contribution in [1.82, 2.24) is 19.7 Å². The molecule has 0 atom stereocenters. The van der Waals surface area contributed by atoms with Gasteiger partial charge in [0.05, 0.1) is 11.9 Å². The standard InChI is InChI=1S/C15H19N5O2/c1-14(2,22-13(16)21)8-15(5-6-15)12-4-3-11(7-18-12)20-10-17-9-19-20/h3-4,7,9-10H,5-6,8H2,1-2H3,(H2,16,21). The average molecular weight is 301 g/mol. The summed E-state index contributed by atoms with van der Waals surface area (Å²) in [5.74, 6) is 0. The van der Waals surface area contributed by atoms with Crippen LogP contribution in [0.5, 0.6) is 0 Å². The SMILES string of the molecule is CC(C)(CC1(c2ccc(-n3cncn3)cn2)CC1)OC(N)=O. The zero-order valence-corrected chi connectivity index (χ0v) is 12.7. The number of hydrogen-bond donors (Lipinski definition) is 1. The third-order valence-corrected chi connectivity index (χ3v) is 3.97. The van der Waals surface area contributed by atoms with Gasteiger partial charge >= 0.3 is 6.09 Å². The summed E-state index contributed by atoms with van der Waals surface area (Å²) in [6, 6.07) is 3.98. The molecule has 0 bridgehead atoms. The van der Waals surface area contributed by atoms with Crippen molar-refractivity contribution in [3.63, 3.8) is 0 Å². The van der Waals surface area contributed by atoms with E-state index in [2.05, 4.69) is 15.1 Å². The van der Waals surface area contributed by atoms with Gasteiger partial charge in [-0.15, -0.1) is 0 Å². The summed E-state index contributed by atoms with van der Waals surface area (Å²) < 4.78 is 6.87. The van der Waals surface area contributed by atoms with Crippen LogP contribution in [0, 0.1) is 0 Å². The van der Waals surface area contributed by atoms with E-state index in [9.17, 15) is 4.79 Å². The van der Waals surface area contributed by atoms with Crippen LogP contribution in [0.15, 0.2) is 31.0 Å². The molecule has 2 aromatic rings. The number of rotatable bonds is 5. The number of primary amides is 1. The van der Waals surface area contributed by atoms with E-state index in [-0.39, 0.29) is 5.41 Å². The monoisotopic (exact) mass is 301 g/mol. The molecule has 7 heteroatoms. The Hall–Kier alpha value is -2.44. The van der Waals surface area contributed by atoms with Crippen molar-refractivity contribution in [2.24, 2.45) is 5.73 Å². The van der Waals surface area contributed by atoms with Crippen LogP contribution in [0.2, 0.25) is 0 Å². The quantitative estimate of drug-likeness (QED) is 0.910. The Morgan fingerprint density at radius 3 is 2.73 bits per heavy atom. The highest BCUT2D eigenvalue weighted by Gasteiger charge is 2.49. The zero-order valence-electron chi connectivity index (χ0n) is 12.7. The first kappa shape index (κ1) is 14.5. The van der Waals surface area contributed by atoms with Gasteiger partial charge in [-0.2, -0.15) is 5.10 Å². The minimum Gasteiger partial charge on any atom is -0.444 e. The van der Waals surface area contributed by atoms with E-state index in [4.69, 9.17) is 10.5 Å². The number of nitrogens with two attached hydrogens (primary N) is 1. The predicted octanol–water partition coefficient (Wildman–Crippen LogP) is 1.96. The lowest BCUT2D eigenvalue weighted by molar-refractivity contribution is 0.0309. The van der Waals surface area contributed by atoms with Crippen LogP contribution in [0.1, 0.15) is 38.8 Å². The van der Waals surface area contributed by atoms with E-state index in [1.165, 1.54) is 6.33 Å². The molecule has 7 nitrogen and oxygen atoms in total. The van der Waals surface area contributed by atoms with Gasteiger partial charge in [0.2, 0.25) is 0 Å². The summed E-state index contributed by atoms with van der Waals surface area (Å²) in [4.78, 5) is 19.5. The van der Waals surface area contributed by atoms with Crippen molar-refractivity contribution >= 4 is 6.09 Å². The maximum atomic E-state index is 11.0. The molecule has 22 heavy (non-hydrogen) atoms. The number of aromatic nitrogens is 4. The second-order valence-corrected chi connectivity index (χ2v) is 6.38. The first-order chi connectivity index (χ1) is 10.4. The van der Waals surface area contributed by atoms with E-state index in [1.807, 2.05) is 26.0 Å². The second kappa shape index (κ2) is 5.08. The summed E-state index contributed by atoms with van der Waals surface area (Å²) in [7, 11) is 0. The molecule has 116 valence electrons. The van der Waals surface area contributed by atoms with Crippen LogP contribution in [0.3, 0.4) is 0 Å². The first-order valence-corrected chi connectivity index (χ1v) is 7.20. The van der Waals surface area contributed by atoms with Gasteiger partial charge in [0.15, 0.2) is 0 Å². The van der Waals surface area contributed by atoms with E-state index < -0.39 is 11.7 Å². The van der Waals surface area contributed by atoms with Crippen LogP contribution in [-0.2, 0) is 10.2 Å². The number of carbonyl (C=O) groups excluding carboxylic acids is 1. The Balaban J connectivity index is 1.77. The van der Waals surface area contributed by atoms with E-state index in [1.54, 1.807) is 17.2 Å². The van der Waals surface area contributed by atoms with Gasteiger partial charge in [0.1, 0.15) is 18.3 Å². The number of hydrogen-bond acceptors (Lipinski definition) is 5. The fourth-order valence-corrected chi connectivity index (χ4v) is 2.97. The molecule has 2 heterocycles. The minimum atomic E-state index is -0.740. The van der Waals surface area contributed by atoms with Gasteiger partial charge in [0.25, 0.3) is 0 Å². The van der Waals surface area contributed by atoms with Gasteiger partial charge in [0, 0.05) is 11.1 Å². The molecule has 1 fully saturated rings. The first-order valence-electron chi connectivity index (χ1n) is 7.20. The highest BCUT2D eigenvalue weighted by atomic mass is 16.6. The molecule has 1 aliphatic carbocycles. The lowest BCUT2D eigenvalue weighted by atomic mass is 9.87. The third kappa shape index (κ3) is 2.93. The molecule has 0 spiro atoms. The second-order valence-electron chi connectivity index (χ2n) is 6.38. The van der Waals surface area contributed by atoms with E-state index in [0.717, 1.165) is 24.2 Å². The largest absolute Gasteiger partial charge is 0.444 e. The Morgan fingerprint density at radius 1 is 1.45 bits per heavy atom. The molecule has 0 saturated heterocycles. The highest BCUT2D eigenvalue weighted by molar-refractivity contribution is 5.65. The molecular weight excluding hydrogens is 282 g/mol. The van der Waals surface area contributed by atoms with Crippen molar-refractivity contribution < 1.29 is 9.53 Å². The highest BCUT2D eigenvalue weighted by Crippen LogP contribution is 2.53. The minimum absolute atomic E-state index is 0.0279. The Morgan fingerprint density at radius 2 is 2.23 bits per heavy atom. The molecular formula is C15H19N5O2.